The number of hydrogen-bond donors (Lipinski definition) is 0. The zero-order valence-corrected chi connectivity index (χ0v) is 16.3. The molecule has 2 aromatic heterocycles. The predicted molar refractivity (Wildman–Crippen MR) is 97.6 cm³/mol. The average molecular weight is 420 g/mol. The van der Waals surface area contributed by atoms with Gasteiger partial charge < -0.3 is 9.32 Å². The molecule has 0 saturated carbocycles. The Kier molecular flexibility index (Phi) is 5.99. The summed E-state index contributed by atoms with van der Waals surface area (Å²) in [5.41, 5.74) is 0.315. The first-order valence-corrected chi connectivity index (χ1v) is 9.25. The normalized spacial score (nSPS) is 16.2. The van der Waals surface area contributed by atoms with Crippen molar-refractivity contribution < 1.29 is 17.6 Å². The van der Waals surface area contributed by atoms with Gasteiger partial charge in [0.2, 0.25) is 0 Å². The van der Waals surface area contributed by atoms with Crippen LogP contribution in [0.3, 0.4) is 0 Å². The van der Waals surface area contributed by atoms with Gasteiger partial charge in [0, 0.05) is 38.6 Å². The lowest BCUT2D eigenvalue weighted by molar-refractivity contribution is -0.143. The summed E-state index contributed by atoms with van der Waals surface area (Å²) in [6, 6.07) is 0. The summed E-state index contributed by atoms with van der Waals surface area (Å²) in [6.45, 7) is 5.78. The molecule has 1 aliphatic heterocycles. The molecule has 0 unspecified atom stereocenters. The van der Waals surface area contributed by atoms with Gasteiger partial charge in [-0.1, -0.05) is 25.4 Å². The Morgan fingerprint density at radius 1 is 1.25 bits per heavy atom. The minimum Gasteiger partial charge on any atom is -0.448 e. The Labute approximate surface area is 164 Å². The minimum absolute atomic E-state index is 0.242. The van der Waals surface area contributed by atoms with Gasteiger partial charge in [0.1, 0.15) is 17.3 Å². The first kappa shape index (κ1) is 20.7. The third-order valence-electron chi connectivity index (χ3n) is 4.58. The maximum atomic E-state index is 12.5. The Balaban J connectivity index is 1.66. The van der Waals surface area contributed by atoms with E-state index in [0.29, 0.717) is 43.1 Å². The molecule has 0 aliphatic carbocycles. The summed E-state index contributed by atoms with van der Waals surface area (Å²) in [5.74, 6) is 1.11. The maximum absolute atomic E-state index is 12.5. The monoisotopic (exact) mass is 419 g/mol. The number of halogens is 4. The van der Waals surface area contributed by atoms with E-state index in [-0.39, 0.29) is 10.9 Å². The van der Waals surface area contributed by atoms with Crippen LogP contribution in [0.1, 0.15) is 31.2 Å². The molecule has 7 nitrogen and oxygen atoms in total. The number of oxazole rings is 1. The topological polar surface area (TPSA) is 67.4 Å². The van der Waals surface area contributed by atoms with Crippen molar-refractivity contribution in [1.82, 2.24) is 19.7 Å². The molecule has 2 aromatic rings. The molecular formula is C17H21ClF3N5O2. The van der Waals surface area contributed by atoms with E-state index in [9.17, 15) is 18.0 Å². The van der Waals surface area contributed by atoms with E-state index >= 15 is 0 Å². The highest BCUT2D eigenvalue weighted by Gasteiger charge is 2.30. The zero-order valence-electron chi connectivity index (χ0n) is 15.5. The van der Waals surface area contributed by atoms with Crippen LogP contribution in [0.15, 0.2) is 21.8 Å². The van der Waals surface area contributed by atoms with E-state index in [1.807, 2.05) is 18.7 Å². The standard InChI is InChI=1S/C17H21ClF3N5O2/c1-11(2)15-12(22-10-28-15)8-24-3-5-25(6-4-24)13-7-23-26(9-17(19,20)21)16(27)14(13)18/h7,10-11H,3-6,8-9H2,1-2H3. The fraction of sp³-hybridized carbons (Fsp3) is 0.588. The average Bonchev–Trinajstić information content (AvgIpc) is 3.07. The second-order valence-corrected chi connectivity index (χ2v) is 7.38. The molecule has 28 heavy (non-hydrogen) atoms. The van der Waals surface area contributed by atoms with Crippen LogP contribution in [-0.4, -0.2) is 52.0 Å². The lowest BCUT2D eigenvalue weighted by atomic mass is 10.1. The molecule has 0 spiro atoms. The number of aromatic nitrogens is 3. The third-order valence-corrected chi connectivity index (χ3v) is 4.93. The van der Waals surface area contributed by atoms with E-state index in [0.717, 1.165) is 11.5 Å². The first-order valence-electron chi connectivity index (χ1n) is 8.87. The van der Waals surface area contributed by atoms with Crippen molar-refractivity contribution in [2.24, 2.45) is 0 Å². The second kappa shape index (κ2) is 8.12. The molecule has 1 fully saturated rings. The van der Waals surface area contributed by atoms with E-state index in [4.69, 9.17) is 16.0 Å². The Morgan fingerprint density at radius 2 is 1.93 bits per heavy atom. The summed E-state index contributed by atoms with van der Waals surface area (Å²) in [7, 11) is 0. The number of hydrogen-bond acceptors (Lipinski definition) is 6. The van der Waals surface area contributed by atoms with Gasteiger partial charge in [0.15, 0.2) is 6.39 Å². The maximum Gasteiger partial charge on any atom is 0.408 e. The molecule has 0 radical (unpaired) electrons. The molecule has 0 aromatic carbocycles. The summed E-state index contributed by atoms with van der Waals surface area (Å²) in [4.78, 5) is 20.4. The van der Waals surface area contributed by atoms with Crippen molar-refractivity contribution in [3.8, 4) is 0 Å². The quantitative estimate of drug-likeness (QED) is 0.742. The number of nitrogens with zero attached hydrogens (tertiary/aromatic N) is 5. The van der Waals surface area contributed by atoms with Crippen LogP contribution in [0.2, 0.25) is 5.02 Å². The van der Waals surface area contributed by atoms with Gasteiger partial charge in [-0.25, -0.2) is 9.67 Å². The number of alkyl halides is 3. The first-order chi connectivity index (χ1) is 13.2. The van der Waals surface area contributed by atoms with Crippen molar-refractivity contribution in [2.45, 2.75) is 39.0 Å². The molecule has 11 heteroatoms. The van der Waals surface area contributed by atoms with Crippen LogP contribution in [0.5, 0.6) is 0 Å². The van der Waals surface area contributed by atoms with Crippen LogP contribution in [0, 0.1) is 0 Å². The molecule has 3 heterocycles. The van der Waals surface area contributed by atoms with Gasteiger partial charge in [-0.15, -0.1) is 0 Å². The van der Waals surface area contributed by atoms with E-state index in [2.05, 4.69) is 15.0 Å². The Morgan fingerprint density at radius 3 is 2.54 bits per heavy atom. The molecular weight excluding hydrogens is 399 g/mol. The van der Waals surface area contributed by atoms with Gasteiger partial charge in [0.25, 0.3) is 5.56 Å². The Bertz CT molecular complexity index is 872. The molecule has 0 N–H and O–H groups in total. The van der Waals surface area contributed by atoms with Crippen LogP contribution < -0.4 is 10.5 Å². The van der Waals surface area contributed by atoms with E-state index in [1.54, 1.807) is 0 Å². The fourth-order valence-electron chi connectivity index (χ4n) is 3.18. The largest absolute Gasteiger partial charge is 0.448 e. The van der Waals surface area contributed by atoms with Gasteiger partial charge in [0.05, 0.1) is 17.6 Å². The highest BCUT2D eigenvalue weighted by Crippen LogP contribution is 2.25. The van der Waals surface area contributed by atoms with Crippen LogP contribution in [-0.2, 0) is 13.1 Å². The smallest absolute Gasteiger partial charge is 0.408 e. The second-order valence-electron chi connectivity index (χ2n) is 7.00. The van der Waals surface area contributed by atoms with Crippen LogP contribution >= 0.6 is 11.6 Å². The highest BCUT2D eigenvalue weighted by atomic mass is 35.5. The van der Waals surface area contributed by atoms with Gasteiger partial charge in [-0.3, -0.25) is 9.69 Å². The van der Waals surface area contributed by atoms with Gasteiger partial charge in [-0.05, 0) is 0 Å². The molecule has 0 bridgehead atoms. The Hall–Kier alpha value is -2.07. The van der Waals surface area contributed by atoms with Gasteiger partial charge >= 0.3 is 6.18 Å². The van der Waals surface area contributed by atoms with E-state index < -0.39 is 18.3 Å². The molecule has 3 rings (SSSR count). The summed E-state index contributed by atoms with van der Waals surface area (Å²) < 4.78 is 43.3. The minimum atomic E-state index is -4.54. The van der Waals surface area contributed by atoms with Crippen molar-refractivity contribution in [3.63, 3.8) is 0 Å². The van der Waals surface area contributed by atoms with Crippen molar-refractivity contribution in [1.29, 1.82) is 0 Å². The zero-order chi connectivity index (χ0) is 20.5. The fourth-order valence-corrected chi connectivity index (χ4v) is 3.45. The molecule has 154 valence electrons. The van der Waals surface area contributed by atoms with Crippen LogP contribution in [0.4, 0.5) is 18.9 Å². The number of anilines is 1. The predicted octanol–water partition coefficient (Wildman–Crippen LogP) is 2.89. The molecule has 1 saturated heterocycles. The third kappa shape index (κ3) is 4.67. The van der Waals surface area contributed by atoms with Crippen LogP contribution in [0.25, 0.3) is 0 Å². The van der Waals surface area contributed by atoms with Crippen molar-refractivity contribution in [3.05, 3.63) is 39.4 Å². The van der Waals surface area contributed by atoms with Gasteiger partial charge in [-0.2, -0.15) is 18.3 Å². The number of rotatable bonds is 5. The number of piperazine rings is 1. The summed E-state index contributed by atoms with van der Waals surface area (Å²) in [5, 5.41) is 3.39. The molecule has 0 atom stereocenters. The molecule has 0 amide bonds. The molecule has 1 aliphatic rings. The lowest BCUT2D eigenvalue weighted by Gasteiger charge is -2.36. The van der Waals surface area contributed by atoms with E-state index in [1.165, 1.54) is 12.6 Å². The summed E-state index contributed by atoms with van der Waals surface area (Å²) in [6.07, 6.45) is -1.87. The summed E-state index contributed by atoms with van der Waals surface area (Å²) >= 11 is 6.05. The lowest BCUT2D eigenvalue weighted by Crippen LogP contribution is -2.46. The highest BCUT2D eigenvalue weighted by molar-refractivity contribution is 6.33. The van der Waals surface area contributed by atoms with Crippen molar-refractivity contribution >= 4 is 17.3 Å². The SMILES string of the molecule is CC(C)c1ocnc1CN1CCN(c2cnn(CC(F)(F)F)c(=O)c2Cl)CC1. The van der Waals surface area contributed by atoms with Crippen molar-refractivity contribution in [2.75, 3.05) is 31.1 Å².